The summed E-state index contributed by atoms with van der Waals surface area (Å²) in [5.74, 6) is 0. The maximum atomic E-state index is 14.4. The summed E-state index contributed by atoms with van der Waals surface area (Å²) in [5, 5.41) is 4.30. The molecule has 2 amide bonds. The van der Waals surface area contributed by atoms with Gasteiger partial charge in [-0.3, -0.25) is 9.58 Å². The summed E-state index contributed by atoms with van der Waals surface area (Å²) in [4.78, 5) is 11.6. The fourth-order valence-electron chi connectivity index (χ4n) is 2.99. The fraction of sp³-hybridized carbons (Fsp3) is 0.667. The Kier molecular flexibility index (Phi) is 2.72. The number of halogens is 2. The molecule has 19 heavy (non-hydrogen) atoms. The Morgan fingerprint density at radius 2 is 2.00 bits per heavy atom. The monoisotopic (exact) mass is 270 g/mol. The molecule has 1 aromatic rings. The minimum atomic E-state index is -3.34. The van der Waals surface area contributed by atoms with Crippen molar-refractivity contribution in [3.8, 4) is 0 Å². The summed E-state index contributed by atoms with van der Waals surface area (Å²) in [6.45, 7) is 0.598. The minimum absolute atomic E-state index is 0.0776. The number of carbonyl (C=O) groups excluding carboxylic acids is 1. The van der Waals surface area contributed by atoms with Crippen LogP contribution in [0, 0.1) is 0 Å². The minimum Gasteiger partial charge on any atom is -0.351 e. The number of carbonyl (C=O) groups is 1. The zero-order valence-corrected chi connectivity index (χ0v) is 10.5. The van der Waals surface area contributed by atoms with Crippen molar-refractivity contribution < 1.29 is 13.6 Å². The van der Waals surface area contributed by atoms with Crippen molar-refractivity contribution in [2.24, 2.45) is 5.73 Å². The molecule has 0 radical (unpaired) electrons. The Morgan fingerprint density at radius 3 is 2.74 bits per heavy atom. The smallest absolute Gasteiger partial charge is 0.351 e. The zero-order valence-electron chi connectivity index (χ0n) is 10.5. The van der Waals surface area contributed by atoms with Crippen LogP contribution in [0.3, 0.4) is 0 Å². The van der Waals surface area contributed by atoms with Gasteiger partial charge in [0.2, 0.25) is 0 Å². The summed E-state index contributed by atoms with van der Waals surface area (Å²) in [5.41, 5.74) is 5.96. The van der Waals surface area contributed by atoms with Crippen molar-refractivity contribution >= 4 is 6.03 Å². The second-order valence-corrected chi connectivity index (χ2v) is 5.08. The summed E-state index contributed by atoms with van der Waals surface area (Å²) in [6, 6.07) is -4.42. The Morgan fingerprint density at radius 1 is 1.21 bits per heavy atom. The summed E-state index contributed by atoms with van der Waals surface area (Å²) < 4.78 is 30.6. The first-order valence-corrected chi connectivity index (χ1v) is 6.55. The molecule has 104 valence electrons. The van der Waals surface area contributed by atoms with Gasteiger partial charge in [-0.2, -0.15) is 13.9 Å². The lowest BCUT2D eigenvalue weighted by Crippen LogP contribution is -2.50. The maximum Gasteiger partial charge on any atom is 0.359 e. The largest absolute Gasteiger partial charge is 0.359 e. The zero-order chi connectivity index (χ0) is 13.6. The Balaban J connectivity index is 2.11. The number of aryl methyl sites for hydroxylation is 1. The van der Waals surface area contributed by atoms with E-state index in [-0.39, 0.29) is 12.1 Å². The lowest BCUT2D eigenvalue weighted by molar-refractivity contribution is -0.133. The van der Waals surface area contributed by atoms with Gasteiger partial charge >= 0.3 is 12.1 Å². The van der Waals surface area contributed by atoms with Gasteiger partial charge in [0.1, 0.15) is 0 Å². The first-order chi connectivity index (χ1) is 9.01. The molecule has 1 aromatic heterocycles. The van der Waals surface area contributed by atoms with E-state index in [1.807, 2.05) is 0 Å². The van der Waals surface area contributed by atoms with Crippen LogP contribution in [0.1, 0.15) is 36.2 Å². The van der Waals surface area contributed by atoms with E-state index in [9.17, 15) is 13.6 Å². The molecule has 0 fully saturated rings. The van der Waals surface area contributed by atoms with Gasteiger partial charge in [0.05, 0.1) is 11.3 Å². The normalized spacial score (nSPS) is 21.5. The van der Waals surface area contributed by atoms with Gasteiger partial charge in [0.25, 0.3) is 0 Å². The van der Waals surface area contributed by atoms with E-state index in [1.165, 1.54) is 0 Å². The van der Waals surface area contributed by atoms with Crippen LogP contribution < -0.4 is 5.73 Å². The van der Waals surface area contributed by atoms with Crippen LogP contribution in [0.15, 0.2) is 0 Å². The van der Waals surface area contributed by atoms with E-state index < -0.39 is 12.1 Å². The van der Waals surface area contributed by atoms with Crippen LogP contribution in [-0.2, 0) is 25.4 Å². The second-order valence-electron chi connectivity index (χ2n) is 5.08. The predicted octanol–water partition coefficient (Wildman–Crippen LogP) is 1.60. The van der Waals surface area contributed by atoms with E-state index in [0.717, 1.165) is 19.3 Å². The molecule has 0 saturated carbocycles. The van der Waals surface area contributed by atoms with Crippen molar-refractivity contribution in [1.29, 1.82) is 0 Å². The van der Waals surface area contributed by atoms with E-state index >= 15 is 0 Å². The van der Waals surface area contributed by atoms with Crippen molar-refractivity contribution in [2.45, 2.75) is 44.7 Å². The van der Waals surface area contributed by atoms with Crippen molar-refractivity contribution in [2.75, 3.05) is 6.54 Å². The third kappa shape index (κ3) is 1.79. The number of fused-ring (bicyclic) bond motifs is 3. The second kappa shape index (κ2) is 4.18. The topological polar surface area (TPSA) is 64.2 Å². The molecular formula is C12H16F2N4O. The highest BCUT2D eigenvalue weighted by Gasteiger charge is 2.49. The molecule has 7 heteroatoms. The van der Waals surface area contributed by atoms with E-state index in [4.69, 9.17) is 5.73 Å². The quantitative estimate of drug-likeness (QED) is 0.728. The molecule has 3 heterocycles. The first-order valence-electron chi connectivity index (χ1n) is 6.55. The number of urea groups is 1. The third-order valence-corrected chi connectivity index (χ3v) is 3.89. The molecule has 0 bridgehead atoms. The molecule has 2 aliphatic rings. The molecule has 0 unspecified atom stereocenters. The van der Waals surface area contributed by atoms with Crippen LogP contribution in [0.4, 0.5) is 13.6 Å². The number of nitrogens with two attached hydrogens (primary N) is 1. The standard InChI is InChI=1S/C12H16F2N4O/c13-12(14)10-8(5-7-17(12)11(15)19)16-18-6-3-1-2-4-9(10)18/h1-7H2,(H2,15,19). The number of aromatic nitrogens is 2. The summed E-state index contributed by atoms with van der Waals surface area (Å²) in [7, 11) is 0. The lowest BCUT2D eigenvalue weighted by atomic mass is 10.0. The summed E-state index contributed by atoms with van der Waals surface area (Å²) in [6.07, 6.45) is 3.78. The average molecular weight is 270 g/mol. The van der Waals surface area contributed by atoms with Gasteiger partial charge in [-0.1, -0.05) is 6.42 Å². The Hall–Kier alpha value is -1.66. The van der Waals surface area contributed by atoms with Crippen LogP contribution in [0.5, 0.6) is 0 Å². The number of alkyl halides is 2. The number of rotatable bonds is 0. The van der Waals surface area contributed by atoms with Crippen molar-refractivity contribution in [3.05, 3.63) is 17.0 Å². The molecule has 0 atom stereocenters. The molecule has 3 rings (SSSR count). The van der Waals surface area contributed by atoms with Gasteiger partial charge in [-0.05, 0) is 19.3 Å². The summed E-state index contributed by atoms with van der Waals surface area (Å²) >= 11 is 0. The molecule has 0 aliphatic carbocycles. The van der Waals surface area contributed by atoms with E-state index in [1.54, 1.807) is 4.68 Å². The number of hydrogen-bond donors (Lipinski definition) is 1. The number of nitrogens with zero attached hydrogens (tertiary/aromatic N) is 3. The molecule has 2 aliphatic heterocycles. The van der Waals surface area contributed by atoms with Gasteiger partial charge in [0.15, 0.2) is 0 Å². The van der Waals surface area contributed by atoms with E-state index in [0.29, 0.717) is 35.7 Å². The molecule has 0 spiro atoms. The van der Waals surface area contributed by atoms with Gasteiger partial charge in [-0.25, -0.2) is 4.79 Å². The molecule has 0 saturated heterocycles. The molecule has 2 N–H and O–H groups in total. The number of primary amides is 1. The predicted molar refractivity (Wildman–Crippen MR) is 63.7 cm³/mol. The molecule has 0 aromatic carbocycles. The molecule has 5 nitrogen and oxygen atoms in total. The lowest BCUT2D eigenvalue weighted by Gasteiger charge is -2.33. The van der Waals surface area contributed by atoms with Crippen LogP contribution in [0.25, 0.3) is 0 Å². The number of hydrogen-bond acceptors (Lipinski definition) is 2. The Bertz CT molecular complexity index is 526. The van der Waals surface area contributed by atoms with Gasteiger partial charge < -0.3 is 5.73 Å². The fourth-order valence-corrected chi connectivity index (χ4v) is 2.99. The van der Waals surface area contributed by atoms with Crippen LogP contribution in [-0.4, -0.2) is 27.3 Å². The highest BCUT2D eigenvalue weighted by atomic mass is 19.3. The van der Waals surface area contributed by atoms with E-state index in [2.05, 4.69) is 5.10 Å². The average Bonchev–Trinajstić information content (AvgIpc) is 2.53. The van der Waals surface area contributed by atoms with Gasteiger partial charge in [0, 0.05) is 25.2 Å². The molecular weight excluding hydrogens is 254 g/mol. The van der Waals surface area contributed by atoms with Gasteiger partial charge in [-0.15, -0.1) is 0 Å². The first kappa shape index (κ1) is 12.4. The SMILES string of the molecule is NC(=O)N1CCc2nn3c(c2C1(F)F)CCCCC3. The van der Waals surface area contributed by atoms with Crippen LogP contribution >= 0.6 is 0 Å². The Labute approximate surface area is 109 Å². The number of amides is 2. The highest BCUT2D eigenvalue weighted by Crippen LogP contribution is 2.41. The maximum absolute atomic E-state index is 14.4. The van der Waals surface area contributed by atoms with Crippen molar-refractivity contribution in [1.82, 2.24) is 14.7 Å². The highest BCUT2D eigenvalue weighted by molar-refractivity contribution is 5.73. The third-order valence-electron chi connectivity index (χ3n) is 3.89. The van der Waals surface area contributed by atoms with Crippen molar-refractivity contribution in [3.63, 3.8) is 0 Å². The van der Waals surface area contributed by atoms with Crippen LogP contribution in [0.2, 0.25) is 0 Å².